The monoisotopic (exact) mass is 1210 g/mol. The summed E-state index contributed by atoms with van der Waals surface area (Å²) in [5.74, 6) is -12.3. The van der Waals surface area contributed by atoms with Gasteiger partial charge < -0.3 is 78.2 Å². The molecule has 2 bridgehead atoms. The Bertz CT molecular complexity index is 2880. The van der Waals surface area contributed by atoms with Crippen molar-refractivity contribution in [2.24, 2.45) is 17.6 Å². The summed E-state index contributed by atoms with van der Waals surface area (Å²) in [4.78, 5) is 167. The highest BCUT2D eigenvalue weighted by atomic mass is 32.2. The molecule has 1 saturated heterocycles. The van der Waals surface area contributed by atoms with Gasteiger partial charge in [-0.15, -0.1) is 0 Å². The van der Waals surface area contributed by atoms with Crippen molar-refractivity contribution >= 4 is 92.6 Å². The minimum atomic E-state index is -2.41. The molecule has 85 heavy (non-hydrogen) atoms. The van der Waals surface area contributed by atoms with E-state index in [0.29, 0.717) is 69.2 Å². The summed E-state index contributed by atoms with van der Waals surface area (Å²) in [6.45, 7) is 2.74. The van der Waals surface area contributed by atoms with Gasteiger partial charge in [0.2, 0.25) is 59.1 Å². The molecule has 0 radical (unpaired) electrons. The second-order valence-corrected chi connectivity index (χ2v) is 23.1. The third-order valence-corrected chi connectivity index (χ3v) is 16.8. The van der Waals surface area contributed by atoms with Crippen LogP contribution in [0.3, 0.4) is 0 Å². The van der Waals surface area contributed by atoms with E-state index in [0.717, 1.165) is 17.7 Å². The van der Waals surface area contributed by atoms with Gasteiger partial charge in [-0.25, -0.2) is 0 Å². The van der Waals surface area contributed by atoms with Gasteiger partial charge in [-0.2, -0.15) is 0 Å². The normalized spacial score (nSPS) is 25.1. The Balaban J connectivity index is 1.30. The van der Waals surface area contributed by atoms with Crippen molar-refractivity contribution in [3.05, 3.63) is 35.9 Å². The van der Waals surface area contributed by atoms with Gasteiger partial charge in [0.1, 0.15) is 47.0 Å². The van der Waals surface area contributed by atoms with Gasteiger partial charge in [-0.05, 0) is 49.3 Å². The molecule has 0 unspecified atom stereocenters. The fraction of sp³-hybridized carbons (Fsp3) is 0.600. The van der Waals surface area contributed by atoms with Crippen molar-refractivity contribution in [2.45, 2.75) is 151 Å². The molecule has 1 aromatic carbocycles. The summed E-state index contributed by atoms with van der Waals surface area (Å²) in [5.41, 5.74) is 5.96. The van der Waals surface area contributed by atoms with Crippen LogP contribution in [0.5, 0.6) is 5.75 Å². The predicted molar refractivity (Wildman–Crippen MR) is 302 cm³/mol. The molecule has 6 rings (SSSR count). The number of aromatic nitrogens is 1. The maximum atomic E-state index is 15.0. The highest BCUT2D eigenvalue weighted by molar-refractivity contribution is 7.85. The summed E-state index contributed by atoms with van der Waals surface area (Å²) in [7, 11) is -2.41. The highest BCUT2D eigenvalue weighted by Crippen LogP contribution is 2.31. The molecule has 0 spiro atoms. The summed E-state index contributed by atoms with van der Waals surface area (Å²) in [5, 5.41) is 52.2. The molecule has 1 aromatic heterocycles. The number of primary amides is 1. The van der Waals surface area contributed by atoms with Crippen molar-refractivity contribution in [1.82, 2.24) is 57.3 Å². The third-order valence-electron chi connectivity index (χ3n) is 15.4. The van der Waals surface area contributed by atoms with E-state index in [9.17, 15) is 72.9 Å². The minimum absolute atomic E-state index is 0.0964. The maximum Gasteiger partial charge on any atom is 0.253 e. The number of benzene rings is 1. The van der Waals surface area contributed by atoms with Crippen molar-refractivity contribution in [3.8, 4) is 5.75 Å². The number of hydrogen-bond acceptors (Lipinski definition) is 17. The van der Waals surface area contributed by atoms with Crippen molar-refractivity contribution in [2.75, 3.05) is 51.7 Å². The molecular weight excluding hydrogens is 1130 g/mol. The van der Waals surface area contributed by atoms with Gasteiger partial charge in [-0.3, -0.25) is 66.6 Å². The SMILES string of the molecule is CC[C@H](C)[C@@H]1NC(=O)CNC(=O)[C@@H]2Cc3c([nH]c4cc(OCCCCCCNC(=O)CCCCCN5C(=O)C=CC5=O)ccc34)[S@@](=O)C[C@H](NC(=O)CNC1=O)C(=O)N[C@@H](CC(N)=O)C(=O)N1C[C@H](O)C[C@H]1C(=O)N[C@@H]([C@@H](C)[C@@H](O)CO)C(=O)N2. The van der Waals surface area contributed by atoms with E-state index >= 15 is 4.21 Å². The lowest BCUT2D eigenvalue weighted by molar-refractivity contribution is -0.144. The lowest BCUT2D eigenvalue weighted by Crippen LogP contribution is -2.62. The van der Waals surface area contributed by atoms with Crippen LogP contribution in [0.4, 0.5) is 0 Å². The first kappa shape index (κ1) is 66.3. The number of amides is 12. The van der Waals surface area contributed by atoms with E-state index in [-0.39, 0.29) is 40.4 Å². The van der Waals surface area contributed by atoms with Crippen LogP contribution >= 0.6 is 0 Å². The Morgan fingerprint density at radius 3 is 2.18 bits per heavy atom. The van der Waals surface area contributed by atoms with Gasteiger partial charge >= 0.3 is 0 Å². The minimum Gasteiger partial charge on any atom is -0.494 e. The van der Waals surface area contributed by atoms with Crippen LogP contribution < -0.4 is 53.0 Å². The van der Waals surface area contributed by atoms with Crippen LogP contribution in [0, 0.1) is 11.8 Å². The number of carbonyl (C=O) groups excluding carboxylic acids is 12. The molecule has 14 N–H and O–H groups in total. The smallest absolute Gasteiger partial charge is 0.253 e. The van der Waals surface area contributed by atoms with Gasteiger partial charge in [0, 0.05) is 68.4 Å². The molecule has 1 fully saturated rings. The highest BCUT2D eigenvalue weighted by Gasteiger charge is 2.45. The van der Waals surface area contributed by atoms with Gasteiger partial charge in [-0.1, -0.05) is 46.5 Å². The second-order valence-electron chi connectivity index (χ2n) is 21.7. The molecule has 0 saturated carbocycles. The molecule has 11 atom stereocenters. The molecular formula is C55H78N12O17S. The summed E-state index contributed by atoms with van der Waals surface area (Å²) in [6.07, 6.45) is 3.00. The summed E-state index contributed by atoms with van der Waals surface area (Å²) < 4.78 is 21.1. The molecule has 2 aromatic rings. The topological polar surface area (TPSA) is 436 Å². The number of H-pyrrole nitrogens is 1. The number of unbranched alkanes of at least 4 members (excludes halogenated alkanes) is 5. The Morgan fingerprint density at radius 2 is 1.48 bits per heavy atom. The number of hydrogen-bond donors (Lipinski definition) is 13. The van der Waals surface area contributed by atoms with Crippen LogP contribution in [-0.2, 0) is 74.8 Å². The number of rotatable bonds is 21. The average Bonchev–Trinajstić information content (AvgIpc) is 3.54. The number of nitrogens with one attached hydrogen (secondary N) is 9. The zero-order valence-corrected chi connectivity index (χ0v) is 48.6. The molecule has 466 valence electrons. The van der Waals surface area contributed by atoms with Gasteiger partial charge in [0.25, 0.3) is 11.8 Å². The van der Waals surface area contributed by atoms with E-state index in [4.69, 9.17) is 10.5 Å². The van der Waals surface area contributed by atoms with E-state index < -0.39 is 176 Å². The fourth-order valence-electron chi connectivity index (χ4n) is 10.3. The Kier molecular flexibility index (Phi) is 24.5. The largest absolute Gasteiger partial charge is 0.494 e. The van der Waals surface area contributed by atoms with Crippen molar-refractivity contribution in [1.29, 1.82) is 0 Å². The maximum absolute atomic E-state index is 15.0. The van der Waals surface area contributed by atoms with E-state index in [1.807, 2.05) is 0 Å². The lowest BCUT2D eigenvalue weighted by atomic mass is 9.93. The molecule has 5 heterocycles. The average molecular weight is 1210 g/mol. The molecule has 0 aliphatic carbocycles. The number of carbonyl (C=O) groups is 12. The van der Waals surface area contributed by atoms with Crippen LogP contribution in [0.25, 0.3) is 10.9 Å². The van der Waals surface area contributed by atoms with Crippen LogP contribution in [-0.4, -0.2) is 205 Å². The molecule has 12 amide bonds. The van der Waals surface area contributed by atoms with Crippen LogP contribution in [0.1, 0.15) is 97.0 Å². The second kappa shape index (κ2) is 31.4. The van der Waals surface area contributed by atoms with E-state index in [1.165, 1.54) is 24.0 Å². The number of aliphatic hydroxyl groups excluding tert-OH is 3. The molecule has 29 nitrogen and oxygen atoms in total. The number of ether oxygens (including phenoxy) is 1. The van der Waals surface area contributed by atoms with Crippen LogP contribution in [0.15, 0.2) is 35.4 Å². The number of imide groups is 1. The van der Waals surface area contributed by atoms with Crippen molar-refractivity contribution in [3.63, 3.8) is 0 Å². The first-order chi connectivity index (χ1) is 40.5. The summed E-state index contributed by atoms with van der Waals surface area (Å²) >= 11 is 0. The number of aromatic amines is 1. The van der Waals surface area contributed by atoms with E-state index in [1.54, 1.807) is 32.0 Å². The Labute approximate surface area is 492 Å². The molecule has 4 aliphatic rings. The molecule has 4 aliphatic heterocycles. The number of nitrogens with zero attached hydrogens (tertiary/aromatic N) is 2. The number of nitrogens with two attached hydrogens (primary N) is 1. The predicted octanol–water partition coefficient (Wildman–Crippen LogP) is -4.09. The van der Waals surface area contributed by atoms with Crippen molar-refractivity contribution < 1.29 is 81.8 Å². The quantitative estimate of drug-likeness (QED) is 0.0418. The number of fused-ring (bicyclic) bond motifs is 5. The summed E-state index contributed by atoms with van der Waals surface area (Å²) in [6, 6.07) is -5.32. The third kappa shape index (κ3) is 18.3. The van der Waals surface area contributed by atoms with Crippen LogP contribution in [0.2, 0.25) is 0 Å². The number of aliphatic hydroxyl groups is 3. The molecule has 30 heteroatoms. The van der Waals surface area contributed by atoms with E-state index in [2.05, 4.69) is 47.5 Å². The fourth-order valence-corrected chi connectivity index (χ4v) is 11.6. The lowest BCUT2D eigenvalue weighted by Gasteiger charge is -2.32. The van der Waals surface area contributed by atoms with Gasteiger partial charge in [0.05, 0.1) is 67.0 Å². The zero-order valence-electron chi connectivity index (χ0n) is 47.7. The zero-order chi connectivity index (χ0) is 62.1. The Morgan fingerprint density at radius 1 is 0.800 bits per heavy atom. The first-order valence-electron chi connectivity index (χ1n) is 28.6. The standard InChI is InChI=1S/C55H78N12O17S/c1-4-29(2)47-52(80)59-24-43(73)60-38-28-85(83)54-34(33-14-13-32(21-35(33)63-54)84-19-11-6-5-9-17-57-42(72)12-8-7-10-18-66-45(75)15-16-46(66)76)22-36(49(77)58-25-44(74)64-47)61-53(81)48(30(3)40(70)27-68)65-51(79)39-20-31(69)26-67(39)55(82)37(23-41(56)71)62-50(38)78/h13-16,21,29-31,36-40,47-48,63,68-70H,4-12,17-20,22-28H2,1-3H3,(H2,56,71)(H,57,72)(H,58,77)(H,59,80)(H,60,73)(H,61,81)(H,62,78)(H,64,74)(H,65,79)/t29-,30-,31+,36-,37-,38-,39-,40-,47-,48-,85-/m0/s1. The Hall–Kier alpha value is -7.83. The first-order valence-corrected chi connectivity index (χ1v) is 29.9. The van der Waals surface area contributed by atoms with Gasteiger partial charge in [0.15, 0.2) is 0 Å².